The van der Waals surface area contributed by atoms with Crippen LogP contribution in [0.15, 0.2) is 0 Å². The van der Waals surface area contributed by atoms with E-state index in [1.54, 1.807) is 0 Å². The van der Waals surface area contributed by atoms with Crippen molar-refractivity contribution in [3.8, 4) is 0 Å². The first-order valence-electron chi connectivity index (χ1n) is 4.57. The van der Waals surface area contributed by atoms with Gasteiger partial charge in [-0.3, -0.25) is 4.79 Å². The molecule has 0 saturated carbocycles. The lowest BCUT2D eigenvalue weighted by atomic mass is 10.2. The lowest BCUT2D eigenvalue weighted by molar-refractivity contribution is -0.120. The molecule has 0 radical (unpaired) electrons. The molecule has 2 nitrogen and oxygen atoms in total. The van der Waals surface area contributed by atoms with Gasteiger partial charge in [0, 0.05) is 13.0 Å². The zero-order valence-corrected chi connectivity index (χ0v) is 8.88. The van der Waals surface area contributed by atoms with E-state index < -0.39 is 0 Å². The van der Waals surface area contributed by atoms with Gasteiger partial charge in [0.25, 0.3) is 0 Å². The van der Waals surface area contributed by atoms with Crippen molar-refractivity contribution >= 4 is 17.7 Å². The molecule has 72 valence electrons. The van der Waals surface area contributed by atoms with E-state index in [0.29, 0.717) is 6.42 Å². The first kappa shape index (κ1) is 11.8. The van der Waals surface area contributed by atoms with Crippen molar-refractivity contribution in [3.63, 3.8) is 0 Å². The summed E-state index contributed by atoms with van der Waals surface area (Å²) in [7, 11) is 0. The van der Waals surface area contributed by atoms with E-state index in [-0.39, 0.29) is 5.91 Å². The molecule has 0 heterocycles. The summed E-state index contributed by atoms with van der Waals surface area (Å²) in [6, 6.07) is 0. The van der Waals surface area contributed by atoms with Crippen molar-refractivity contribution in [2.24, 2.45) is 0 Å². The predicted molar refractivity (Wildman–Crippen MR) is 55.5 cm³/mol. The molecular weight excluding hydrogens is 170 g/mol. The van der Waals surface area contributed by atoms with E-state index in [0.717, 1.165) is 13.0 Å². The van der Waals surface area contributed by atoms with Crippen molar-refractivity contribution in [1.29, 1.82) is 0 Å². The van der Waals surface area contributed by atoms with Gasteiger partial charge in [-0.2, -0.15) is 11.8 Å². The summed E-state index contributed by atoms with van der Waals surface area (Å²) in [6.45, 7) is 2.73. The molecule has 0 unspecified atom stereocenters. The molecule has 0 aliphatic rings. The topological polar surface area (TPSA) is 29.1 Å². The second kappa shape index (κ2) is 8.91. The average molecular weight is 189 g/mol. The largest absolute Gasteiger partial charge is 0.356 e. The van der Waals surface area contributed by atoms with Gasteiger partial charge in [-0.1, -0.05) is 13.3 Å². The molecule has 0 saturated heterocycles. The van der Waals surface area contributed by atoms with Crippen molar-refractivity contribution in [2.75, 3.05) is 18.6 Å². The maximum Gasteiger partial charge on any atom is 0.219 e. The van der Waals surface area contributed by atoms with Crippen LogP contribution in [0.3, 0.4) is 0 Å². The highest BCUT2D eigenvalue weighted by atomic mass is 32.2. The Morgan fingerprint density at radius 1 is 1.33 bits per heavy atom. The molecule has 0 bridgehead atoms. The Labute approximate surface area is 79.5 Å². The number of unbranched alkanes of at least 4 members (excludes halogenated alkanes) is 2. The minimum absolute atomic E-state index is 0.167. The molecule has 0 aromatic heterocycles. The Kier molecular flexibility index (Phi) is 8.78. The Balaban J connectivity index is 2.95. The number of carbonyl (C=O) groups is 1. The smallest absolute Gasteiger partial charge is 0.219 e. The maximum atomic E-state index is 10.8. The molecule has 1 N–H and O–H groups in total. The zero-order valence-electron chi connectivity index (χ0n) is 8.06. The molecule has 3 heteroatoms. The van der Waals surface area contributed by atoms with Crippen LogP contribution >= 0.6 is 11.8 Å². The fraction of sp³-hybridized carbons (Fsp3) is 0.889. The van der Waals surface area contributed by atoms with Crippen molar-refractivity contribution in [3.05, 3.63) is 0 Å². The first-order chi connectivity index (χ1) is 5.81. The molecule has 12 heavy (non-hydrogen) atoms. The van der Waals surface area contributed by atoms with Crippen LogP contribution in [0.4, 0.5) is 0 Å². The third kappa shape index (κ3) is 7.92. The molecule has 0 aliphatic carbocycles. The summed E-state index contributed by atoms with van der Waals surface area (Å²) in [4.78, 5) is 10.8. The molecule has 0 aromatic carbocycles. The monoisotopic (exact) mass is 189 g/mol. The van der Waals surface area contributed by atoms with Crippen LogP contribution in [-0.2, 0) is 4.79 Å². The lowest BCUT2D eigenvalue weighted by Gasteiger charge is -2.02. The predicted octanol–water partition coefficient (Wildman–Crippen LogP) is 2.05. The normalized spacial score (nSPS) is 9.83. The van der Waals surface area contributed by atoms with E-state index in [2.05, 4.69) is 11.6 Å². The highest BCUT2D eigenvalue weighted by molar-refractivity contribution is 7.98. The number of hydrogen-bond donors (Lipinski definition) is 1. The van der Waals surface area contributed by atoms with Crippen molar-refractivity contribution in [1.82, 2.24) is 5.32 Å². The van der Waals surface area contributed by atoms with Crippen LogP contribution in [-0.4, -0.2) is 24.5 Å². The van der Waals surface area contributed by atoms with Crippen LogP contribution in [0, 0.1) is 0 Å². The fourth-order valence-corrected chi connectivity index (χ4v) is 1.39. The molecular formula is C9H19NOS. The van der Waals surface area contributed by atoms with Crippen molar-refractivity contribution in [2.45, 2.75) is 32.6 Å². The van der Waals surface area contributed by atoms with E-state index >= 15 is 0 Å². The number of amides is 1. The minimum Gasteiger partial charge on any atom is -0.356 e. The minimum atomic E-state index is 0.167. The lowest BCUT2D eigenvalue weighted by Crippen LogP contribution is -2.23. The van der Waals surface area contributed by atoms with Crippen LogP contribution < -0.4 is 5.32 Å². The van der Waals surface area contributed by atoms with Crippen LogP contribution in [0.5, 0.6) is 0 Å². The van der Waals surface area contributed by atoms with E-state index in [4.69, 9.17) is 0 Å². The quantitative estimate of drug-likeness (QED) is 0.621. The molecule has 0 aromatic rings. The number of carbonyl (C=O) groups excluding carboxylic acids is 1. The molecule has 0 fully saturated rings. The molecule has 0 aliphatic heterocycles. The fourth-order valence-electron chi connectivity index (χ4n) is 0.901. The Hall–Kier alpha value is -0.180. The molecule has 0 spiro atoms. The van der Waals surface area contributed by atoms with E-state index in [1.165, 1.54) is 18.6 Å². The highest BCUT2D eigenvalue weighted by Crippen LogP contribution is 2.01. The Bertz CT molecular complexity index is 117. The summed E-state index contributed by atoms with van der Waals surface area (Å²) < 4.78 is 0. The summed E-state index contributed by atoms with van der Waals surface area (Å²) in [5.41, 5.74) is 0. The SMILES string of the molecule is CCC(=O)NCCCCCSC. The number of rotatable bonds is 7. The second-order valence-corrected chi connectivity index (χ2v) is 3.74. The molecule has 1 amide bonds. The van der Waals surface area contributed by atoms with E-state index in [9.17, 15) is 4.79 Å². The highest BCUT2D eigenvalue weighted by Gasteiger charge is 1.94. The maximum absolute atomic E-state index is 10.8. The van der Waals surface area contributed by atoms with E-state index in [1.807, 2.05) is 18.7 Å². The van der Waals surface area contributed by atoms with Gasteiger partial charge in [-0.15, -0.1) is 0 Å². The van der Waals surface area contributed by atoms with Gasteiger partial charge in [0.15, 0.2) is 0 Å². The van der Waals surface area contributed by atoms with Crippen molar-refractivity contribution < 1.29 is 4.79 Å². The van der Waals surface area contributed by atoms with Crippen LogP contribution in [0.25, 0.3) is 0 Å². The standard InChI is InChI=1S/C9H19NOS/c1-3-9(11)10-7-5-4-6-8-12-2/h3-8H2,1-2H3,(H,10,11). The summed E-state index contributed by atoms with van der Waals surface area (Å²) in [5.74, 6) is 1.40. The second-order valence-electron chi connectivity index (χ2n) is 2.76. The number of hydrogen-bond acceptors (Lipinski definition) is 2. The summed E-state index contributed by atoms with van der Waals surface area (Å²) in [6.07, 6.45) is 6.34. The molecule has 0 rings (SSSR count). The van der Waals surface area contributed by atoms with Crippen LogP contribution in [0.1, 0.15) is 32.6 Å². The number of thioether (sulfide) groups is 1. The first-order valence-corrected chi connectivity index (χ1v) is 5.96. The molecule has 0 atom stereocenters. The van der Waals surface area contributed by atoms with Gasteiger partial charge in [-0.25, -0.2) is 0 Å². The van der Waals surface area contributed by atoms with Gasteiger partial charge in [-0.05, 0) is 24.9 Å². The van der Waals surface area contributed by atoms with Crippen LogP contribution in [0.2, 0.25) is 0 Å². The van der Waals surface area contributed by atoms with Gasteiger partial charge >= 0.3 is 0 Å². The zero-order chi connectivity index (χ0) is 9.23. The van der Waals surface area contributed by atoms with Gasteiger partial charge in [0.1, 0.15) is 0 Å². The Morgan fingerprint density at radius 3 is 2.67 bits per heavy atom. The average Bonchev–Trinajstić information content (AvgIpc) is 2.10. The van der Waals surface area contributed by atoms with Gasteiger partial charge in [0.05, 0.1) is 0 Å². The van der Waals surface area contributed by atoms with Gasteiger partial charge < -0.3 is 5.32 Å². The third-order valence-corrected chi connectivity index (χ3v) is 2.37. The van der Waals surface area contributed by atoms with Gasteiger partial charge in [0.2, 0.25) is 5.91 Å². The summed E-state index contributed by atoms with van der Waals surface area (Å²) >= 11 is 1.88. The summed E-state index contributed by atoms with van der Waals surface area (Å²) in [5, 5.41) is 2.86. The third-order valence-electron chi connectivity index (χ3n) is 1.67. The Morgan fingerprint density at radius 2 is 2.08 bits per heavy atom. The number of nitrogens with one attached hydrogen (secondary N) is 1.